The van der Waals surface area contributed by atoms with Crippen LogP contribution in [0.25, 0.3) is 4.85 Å². The average Bonchev–Trinajstić information content (AvgIpc) is 2.14. The first-order valence-electron chi connectivity index (χ1n) is 3.54. The molecule has 0 aliphatic carbocycles. The zero-order chi connectivity index (χ0) is 9.84. The van der Waals surface area contributed by atoms with E-state index in [-0.39, 0.29) is 6.54 Å². The lowest BCUT2D eigenvalue weighted by Crippen LogP contribution is -1.88. The van der Waals surface area contributed by atoms with Crippen LogP contribution in [0.5, 0.6) is 5.75 Å². The molecule has 0 aromatic heterocycles. The van der Waals surface area contributed by atoms with Gasteiger partial charge in [-0.15, -0.1) is 0 Å². The second-order valence-corrected chi connectivity index (χ2v) is 3.13. The standard InChI is InChI=1S/C9H7Cl2NO/c1-12-5-6-3-4-7(13-2)9(11)8(6)10/h3-4H,5H2,2H3. The maximum atomic E-state index is 6.70. The number of rotatable bonds is 2. The topological polar surface area (TPSA) is 13.6 Å². The number of hydrogen-bond donors (Lipinski definition) is 0. The summed E-state index contributed by atoms with van der Waals surface area (Å²) in [6.07, 6.45) is 0. The zero-order valence-corrected chi connectivity index (χ0v) is 8.49. The highest BCUT2D eigenvalue weighted by atomic mass is 35.5. The minimum Gasteiger partial charge on any atom is -0.495 e. The molecule has 0 bridgehead atoms. The quantitative estimate of drug-likeness (QED) is 0.690. The molecule has 0 amide bonds. The third-order valence-corrected chi connectivity index (χ3v) is 2.50. The molecular weight excluding hydrogens is 209 g/mol. The molecule has 0 heterocycles. The van der Waals surface area contributed by atoms with Gasteiger partial charge in [-0.1, -0.05) is 23.2 Å². The molecule has 4 heteroatoms. The Hall–Kier alpha value is -0.910. The van der Waals surface area contributed by atoms with Crippen LogP contribution in [0.1, 0.15) is 5.56 Å². The minimum atomic E-state index is 0.239. The minimum absolute atomic E-state index is 0.239. The van der Waals surface area contributed by atoms with E-state index in [1.807, 2.05) is 0 Å². The molecule has 0 fully saturated rings. The van der Waals surface area contributed by atoms with Gasteiger partial charge < -0.3 is 9.58 Å². The highest BCUT2D eigenvalue weighted by Crippen LogP contribution is 2.34. The molecule has 0 spiro atoms. The van der Waals surface area contributed by atoms with Gasteiger partial charge >= 0.3 is 0 Å². The van der Waals surface area contributed by atoms with Gasteiger partial charge in [0.1, 0.15) is 10.8 Å². The summed E-state index contributed by atoms with van der Waals surface area (Å²) >= 11 is 11.8. The summed E-state index contributed by atoms with van der Waals surface area (Å²) < 4.78 is 4.97. The van der Waals surface area contributed by atoms with Crippen LogP contribution in [0.15, 0.2) is 12.1 Å². The van der Waals surface area contributed by atoms with Crippen molar-refractivity contribution in [1.82, 2.24) is 0 Å². The highest BCUT2D eigenvalue weighted by molar-refractivity contribution is 6.43. The van der Waals surface area contributed by atoms with Gasteiger partial charge in [-0.25, -0.2) is 6.57 Å². The van der Waals surface area contributed by atoms with Crippen LogP contribution < -0.4 is 4.74 Å². The normalized spacial score (nSPS) is 9.38. The fraction of sp³-hybridized carbons (Fsp3) is 0.222. The van der Waals surface area contributed by atoms with Crippen LogP contribution in [-0.4, -0.2) is 7.11 Å². The van der Waals surface area contributed by atoms with Gasteiger partial charge in [-0.05, 0) is 12.1 Å². The molecule has 13 heavy (non-hydrogen) atoms. The van der Waals surface area contributed by atoms with Gasteiger partial charge in [0.2, 0.25) is 6.54 Å². The van der Waals surface area contributed by atoms with E-state index in [0.29, 0.717) is 15.8 Å². The van der Waals surface area contributed by atoms with E-state index in [1.165, 1.54) is 7.11 Å². The summed E-state index contributed by atoms with van der Waals surface area (Å²) in [4.78, 5) is 3.23. The van der Waals surface area contributed by atoms with E-state index < -0.39 is 0 Å². The predicted molar refractivity (Wildman–Crippen MR) is 53.3 cm³/mol. The molecule has 0 saturated carbocycles. The van der Waals surface area contributed by atoms with Crippen molar-refractivity contribution in [2.75, 3.05) is 7.11 Å². The second-order valence-electron chi connectivity index (χ2n) is 2.37. The van der Waals surface area contributed by atoms with Crippen LogP contribution >= 0.6 is 23.2 Å². The Bertz CT molecular complexity index is 357. The average molecular weight is 216 g/mol. The molecule has 0 N–H and O–H groups in total. The van der Waals surface area contributed by atoms with Crippen LogP contribution in [0.3, 0.4) is 0 Å². The lowest BCUT2D eigenvalue weighted by Gasteiger charge is -2.05. The molecule has 0 aliphatic heterocycles. The van der Waals surface area contributed by atoms with E-state index in [4.69, 9.17) is 34.5 Å². The molecule has 68 valence electrons. The number of benzene rings is 1. The van der Waals surface area contributed by atoms with Crippen molar-refractivity contribution in [3.05, 3.63) is 39.2 Å². The van der Waals surface area contributed by atoms with Gasteiger partial charge in [0.15, 0.2) is 0 Å². The zero-order valence-electron chi connectivity index (χ0n) is 6.97. The third-order valence-electron chi connectivity index (χ3n) is 1.60. The molecule has 0 radical (unpaired) electrons. The molecule has 1 rings (SSSR count). The van der Waals surface area contributed by atoms with E-state index in [2.05, 4.69) is 4.85 Å². The lowest BCUT2D eigenvalue weighted by molar-refractivity contribution is 0.415. The van der Waals surface area contributed by atoms with Crippen molar-refractivity contribution in [1.29, 1.82) is 0 Å². The maximum Gasteiger partial charge on any atom is 0.241 e. The number of methoxy groups -OCH3 is 1. The van der Waals surface area contributed by atoms with Gasteiger partial charge in [0.05, 0.1) is 17.7 Å². The van der Waals surface area contributed by atoms with Gasteiger partial charge in [0, 0.05) is 0 Å². The number of halogens is 2. The van der Waals surface area contributed by atoms with Crippen molar-refractivity contribution < 1.29 is 4.74 Å². The first-order chi connectivity index (χ1) is 6.20. The van der Waals surface area contributed by atoms with E-state index in [0.717, 1.165) is 5.56 Å². The van der Waals surface area contributed by atoms with Crippen LogP contribution in [0.4, 0.5) is 0 Å². The van der Waals surface area contributed by atoms with Gasteiger partial charge in [0.25, 0.3) is 0 Å². The second kappa shape index (κ2) is 4.36. The van der Waals surface area contributed by atoms with Crippen LogP contribution in [-0.2, 0) is 6.54 Å². The van der Waals surface area contributed by atoms with E-state index >= 15 is 0 Å². The van der Waals surface area contributed by atoms with E-state index in [9.17, 15) is 0 Å². The Morgan fingerprint density at radius 3 is 2.62 bits per heavy atom. The number of ether oxygens (including phenoxy) is 1. The summed E-state index contributed by atoms with van der Waals surface area (Å²) in [5.74, 6) is 0.528. The Kier molecular flexibility index (Phi) is 3.41. The van der Waals surface area contributed by atoms with E-state index in [1.54, 1.807) is 12.1 Å². The van der Waals surface area contributed by atoms with Crippen LogP contribution in [0.2, 0.25) is 10.0 Å². The highest BCUT2D eigenvalue weighted by Gasteiger charge is 2.11. The monoisotopic (exact) mass is 215 g/mol. The van der Waals surface area contributed by atoms with Crippen molar-refractivity contribution >= 4 is 23.2 Å². The lowest BCUT2D eigenvalue weighted by atomic mass is 10.2. The predicted octanol–water partition coefficient (Wildman–Crippen LogP) is 3.42. The fourth-order valence-corrected chi connectivity index (χ4v) is 1.41. The molecule has 1 aromatic rings. The molecular formula is C9H7Cl2NO. The van der Waals surface area contributed by atoms with Gasteiger partial charge in [-0.2, -0.15) is 0 Å². The Morgan fingerprint density at radius 2 is 2.08 bits per heavy atom. The summed E-state index contributed by atoms with van der Waals surface area (Å²) in [6.45, 7) is 6.94. The van der Waals surface area contributed by atoms with Crippen molar-refractivity contribution in [3.8, 4) is 5.75 Å². The number of nitrogens with zero attached hydrogens (tertiary/aromatic N) is 1. The van der Waals surface area contributed by atoms with Crippen molar-refractivity contribution in [2.45, 2.75) is 6.54 Å². The first-order valence-corrected chi connectivity index (χ1v) is 4.30. The SMILES string of the molecule is [C-]#[N+]Cc1ccc(OC)c(Cl)c1Cl. The Balaban J connectivity index is 3.17. The summed E-state index contributed by atoms with van der Waals surface area (Å²) in [5.41, 5.74) is 0.725. The molecule has 0 aliphatic rings. The maximum absolute atomic E-state index is 6.70. The number of hydrogen-bond acceptors (Lipinski definition) is 1. The smallest absolute Gasteiger partial charge is 0.241 e. The molecule has 2 nitrogen and oxygen atoms in total. The third kappa shape index (κ3) is 2.06. The summed E-state index contributed by atoms with van der Waals surface area (Å²) in [5, 5.41) is 0.766. The van der Waals surface area contributed by atoms with Gasteiger partial charge in [-0.3, -0.25) is 0 Å². The largest absolute Gasteiger partial charge is 0.495 e. The fourth-order valence-electron chi connectivity index (χ4n) is 0.937. The summed E-state index contributed by atoms with van der Waals surface area (Å²) in [6, 6.07) is 3.44. The molecule has 0 saturated heterocycles. The molecule has 0 atom stereocenters. The molecule has 1 aromatic carbocycles. The van der Waals surface area contributed by atoms with Crippen molar-refractivity contribution in [3.63, 3.8) is 0 Å². The van der Waals surface area contributed by atoms with Crippen LogP contribution in [0, 0.1) is 6.57 Å². The summed E-state index contributed by atoms with van der Waals surface area (Å²) in [7, 11) is 1.52. The first kappa shape index (κ1) is 10.2. The Morgan fingerprint density at radius 1 is 1.38 bits per heavy atom. The molecule has 0 unspecified atom stereocenters. The van der Waals surface area contributed by atoms with Crippen molar-refractivity contribution in [2.24, 2.45) is 0 Å². The Labute approximate surface area is 86.8 Å².